The quantitative estimate of drug-likeness (QED) is 0.0840. The van der Waals surface area contributed by atoms with Gasteiger partial charge >= 0.3 is 11.9 Å². The average molecular weight is 515 g/mol. The second-order valence-corrected chi connectivity index (χ2v) is 8.82. The van der Waals surface area contributed by atoms with Crippen LogP contribution in [0.5, 0.6) is 0 Å². The third-order valence-corrected chi connectivity index (χ3v) is 5.01. The zero-order chi connectivity index (χ0) is 26.7. The molecule has 0 aromatic heterocycles. The molecule has 0 aliphatic heterocycles. The van der Waals surface area contributed by atoms with E-state index in [1.807, 2.05) is 0 Å². The maximum Gasteiger partial charge on any atom is 0.333 e. The Morgan fingerprint density at radius 1 is 0.417 bits per heavy atom. The molecule has 0 rings (SSSR count). The van der Waals surface area contributed by atoms with Crippen LogP contribution < -0.4 is 0 Å². The first-order chi connectivity index (χ1) is 17.4. The van der Waals surface area contributed by atoms with Crippen molar-refractivity contribution in [3.63, 3.8) is 0 Å². The van der Waals surface area contributed by atoms with E-state index in [0.29, 0.717) is 37.6 Å². The Kier molecular flexibility index (Phi) is 25.1. The minimum absolute atomic E-state index is 0.327. The Bertz CT molecular complexity index is 526. The molecule has 0 N–H and O–H groups in total. The second-order valence-electron chi connectivity index (χ2n) is 8.82. The molecular weight excluding hydrogens is 464 g/mol. The van der Waals surface area contributed by atoms with E-state index < -0.39 is 0 Å². The van der Waals surface area contributed by atoms with E-state index in [0.717, 1.165) is 104 Å². The molecule has 0 aliphatic carbocycles. The lowest BCUT2D eigenvalue weighted by Gasteiger charge is -2.07. The molecule has 0 saturated heterocycles. The number of hydrogen-bond acceptors (Lipinski definition) is 8. The number of rotatable bonds is 27. The van der Waals surface area contributed by atoms with Crippen LogP contribution >= 0.6 is 0 Å². The van der Waals surface area contributed by atoms with Crippen LogP contribution in [0, 0.1) is 0 Å². The van der Waals surface area contributed by atoms with Gasteiger partial charge in [-0.3, -0.25) is 0 Å². The molecule has 8 nitrogen and oxygen atoms in total. The van der Waals surface area contributed by atoms with E-state index in [-0.39, 0.29) is 11.9 Å². The van der Waals surface area contributed by atoms with E-state index >= 15 is 0 Å². The Balaban J connectivity index is 3.11. The van der Waals surface area contributed by atoms with Crippen molar-refractivity contribution in [2.24, 2.45) is 0 Å². The topological polar surface area (TPSA) is 89.5 Å². The van der Waals surface area contributed by atoms with Crippen LogP contribution in [-0.2, 0) is 38.0 Å². The summed E-state index contributed by atoms with van der Waals surface area (Å²) in [5.74, 6) is -0.654. The lowest BCUT2D eigenvalue weighted by atomic mass is 10.3. The minimum atomic E-state index is -0.327. The molecule has 0 atom stereocenters. The molecule has 0 aromatic rings. The molecule has 210 valence electrons. The summed E-state index contributed by atoms with van der Waals surface area (Å²) in [5, 5.41) is 0. The van der Waals surface area contributed by atoms with Gasteiger partial charge in [-0.15, -0.1) is 0 Å². The maximum absolute atomic E-state index is 11.2. The normalized spacial score (nSPS) is 10.8. The van der Waals surface area contributed by atoms with Gasteiger partial charge in [-0.2, -0.15) is 0 Å². The third kappa shape index (κ3) is 25.4. The van der Waals surface area contributed by atoms with Crippen LogP contribution in [0.4, 0.5) is 0 Å². The van der Waals surface area contributed by atoms with E-state index in [1.165, 1.54) is 0 Å². The molecule has 0 aromatic carbocycles. The number of unbranched alkanes of at least 4 members (excludes halogenated alkanes) is 5. The highest BCUT2D eigenvalue weighted by molar-refractivity contribution is 5.87. The zero-order valence-electron chi connectivity index (χ0n) is 22.8. The van der Waals surface area contributed by atoms with Crippen molar-refractivity contribution in [3.05, 3.63) is 24.3 Å². The predicted molar refractivity (Wildman–Crippen MR) is 141 cm³/mol. The van der Waals surface area contributed by atoms with Crippen LogP contribution in [0.1, 0.15) is 78.1 Å². The number of carbonyl (C=O) groups excluding carboxylic acids is 2. The van der Waals surface area contributed by atoms with Gasteiger partial charge in [-0.1, -0.05) is 13.2 Å². The van der Waals surface area contributed by atoms with E-state index in [4.69, 9.17) is 28.4 Å². The van der Waals surface area contributed by atoms with Gasteiger partial charge in [0.15, 0.2) is 0 Å². The summed E-state index contributed by atoms with van der Waals surface area (Å²) in [6.07, 6.45) is 9.37. The third-order valence-electron chi connectivity index (χ3n) is 5.01. The summed E-state index contributed by atoms with van der Waals surface area (Å²) in [5.41, 5.74) is 0.864. The van der Waals surface area contributed by atoms with Gasteiger partial charge in [0.25, 0.3) is 0 Å². The lowest BCUT2D eigenvalue weighted by Crippen LogP contribution is -2.07. The van der Waals surface area contributed by atoms with Gasteiger partial charge in [0.1, 0.15) is 0 Å². The first-order valence-electron chi connectivity index (χ1n) is 13.4. The predicted octanol–water partition coefficient (Wildman–Crippen LogP) is 5.19. The Labute approximate surface area is 218 Å². The summed E-state index contributed by atoms with van der Waals surface area (Å²) < 4.78 is 32.5. The van der Waals surface area contributed by atoms with Gasteiger partial charge in [0, 0.05) is 64.0 Å². The molecule has 0 radical (unpaired) electrons. The van der Waals surface area contributed by atoms with Crippen LogP contribution in [0.15, 0.2) is 24.3 Å². The largest absolute Gasteiger partial charge is 0.462 e. The fraction of sp³-hybridized carbons (Fsp3) is 0.786. The zero-order valence-corrected chi connectivity index (χ0v) is 22.8. The number of hydrogen-bond donors (Lipinski definition) is 0. The van der Waals surface area contributed by atoms with E-state index in [9.17, 15) is 9.59 Å². The van der Waals surface area contributed by atoms with Crippen molar-refractivity contribution in [2.45, 2.75) is 78.1 Å². The molecule has 0 saturated carbocycles. The molecule has 0 spiro atoms. The smallest absolute Gasteiger partial charge is 0.333 e. The summed E-state index contributed by atoms with van der Waals surface area (Å²) >= 11 is 0. The summed E-state index contributed by atoms with van der Waals surface area (Å²) in [7, 11) is 0. The summed E-state index contributed by atoms with van der Waals surface area (Å²) in [6, 6.07) is 0. The fourth-order valence-corrected chi connectivity index (χ4v) is 2.82. The van der Waals surface area contributed by atoms with E-state index in [2.05, 4.69) is 13.2 Å². The van der Waals surface area contributed by atoms with Gasteiger partial charge in [-0.05, 0) is 78.1 Å². The molecule has 0 unspecified atom stereocenters. The van der Waals surface area contributed by atoms with Crippen molar-refractivity contribution >= 4 is 11.9 Å². The molecule has 8 heteroatoms. The second kappa shape index (κ2) is 26.3. The Morgan fingerprint density at radius 2 is 0.611 bits per heavy atom. The molecule has 0 bridgehead atoms. The SMILES string of the molecule is C=C(C)C(=O)OCCCCOCCCCOCCCCOCCCCOCCCCOC(=O)C(=C)C. The number of carbonyl (C=O) groups is 2. The molecule has 0 amide bonds. The fourth-order valence-electron chi connectivity index (χ4n) is 2.82. The van der Waals surface area contributed by atoms with Gasteiger partial charge in [0.05, 0.1) is 13.2 Å². The highest BCUT2D eigenvalue weighted by atomic mass is 16.5. The molecule has 0 fully saturated rings. The first kappa shape index (κ1) is 34.3. The standard InChI is InChI=1S/C28H50O8/c1-25(2)27(29)35-23-13-11-21-33-19-9-7-17-31-15-5-6-16-32-18-8-10-20-34-22-12-14-24-36-28(30)26(3)4/h1,3,5-24H2,2,4H3. The van der Waals surface area contributed by atoms with Crippen molar-refractivity contribution in [1.82, 2.24) is 0 Å². The minimum Gasteiger partial charge on any atom is -0.462 e. The van der Waals surface area contributed by atoms with E-state index in [1.54, 1.807) is 13.8 Å². The number of esters is 2. The monoisotopic (exact) mass is 514 g/mol. The Hall–Kier alpha value is -1.74. The van der Waals surface area contributed by atoms with Crippen molar-refractivity contribution in [2.75, 3.05) is 66.1 Å². The average Bonchev–Trinajstić information content (AvgIpc) is 2.85. The maximum atomic E-state index is 11.2. The van der Waals surface area contributed by atoms with Crippen LogP contribution in [0.25, 0.3) is 0 Å². The van der Waals surface area contributed by atoms with Crippen LogP contribution in [0.3, 0.4) is 0 Å². The lowest BCUT2D eigenvalue weighted by molar-refractivity contribution is -0.140. The van der Waals surface area contributed by atoms with Gasteiger partial charge < -0.3 is 28.4 Å². The number of ether oxygens (including phenoxy) is 6. The molecular formula is C28H50O8. The van der Waals surface area contributed by atoms with Gasteiger partial charge in [-0.25, -0.2) is 9.59 Å². The van der Waals surface area contributed by atoms with Crippen molar-refractivity contribution < 1.29 is 38.0 Å². The van der Waals surface area contributed by atoms with Crippen molar-refractivity contribution in [1.29, 1.82) is 0 Å². The Morgan fingerprint density at radius 3 is 0.806 bits per heavy atom. The summed E-state index contributed by atoms with van der Waals surface area (Å²) in [4.78, 5) is 22.4. The molecule has 0 heterocycles. The van der Waals surface area contributed by atoms with Gasteiger partial charge in [0.2, 0.25) is 0 Å². The highest BCUT2D eigenvalue weighted by Gasteiger charge is 2.03. The van der Waals surface area contributed by atoms with Crippen LogP contribution in [0.2, 0.25) is 0 Å². The highest BCUT2D eigenvalue weighted by Crippen LogP contribution is 2.00. The molecule has 36 heavy (non-hydrogen) atoms. The van der Waals surface area contributed by atoms with Crippen LogP contribution in [-0.4, -0.2) is 78.0 Å². The van der Waals surface area contributed by atoms with Crippen molar-refractivity contribution in [3.8, 4) is 0 Å². The summed E-state index contributed by atoms with van der Waals surface area (Å²) in [6.45, 7) is 17.1. The molecule has 0 aliphatic rings. The first-order valence-corrected chi connectivity index (χ1v) is 13.4.